The summed E-state index contributed by atoms with van der Waals surface area (Å²) < 4.78 is 39.3. The Labute approximate surface area is 127 Å². The van der Waals surface area contributed by atoms with E-state index in [1.165, 1.54) is 18.3 Å². The van der Waals surface area contributed by atoms with Gasteiger partial charge in [-0.25, -0.2) is 0 Å². The molecule has 0 saturated heterocycles. The molecule has 1 aromatic heterocycles. The minimum atomic E-state index is -4.46. The van der Waals surface area contributed by atoms with Crippen LogP contribution in [0.3, 0.4) is 0 Å². The van der Waals surface area contributed by atoms with Crippen molar-refractivity contribution in [3.63, 3.8) is 0 Å². The Balaban J connectivity index is 2.29. The monoisotopic (exact) mass is 358 g/mol. The third-order valence-electron chi connectivity index (χ3n) is 2.68. The maximum absolute atomic E-state index is 13.0. The lowest BCUT2D eigenvalue weighted by Crippen LogP contribution is -2.09. The second-order valence-electron chi connectivity index (χ2n) is 4.22. The molecule has 0 saturated carbocycles. The highest BCUT2D eigenvalue weighted by molar-refractivity contribution is 9.10. The molecule has 21 heavy (non-hydrogen) atoms. The molecule has 0 aliphatic heterocycles. The average molecular weight is 359 g/mol. The number of aldehydes is 1. The van der Waals surface area contributed by atoms with Gasteiger partial charge < -0.3 is 10.1 Å². The number of anilines is 2. The number of aromatic nitrogens is 1. The normalized spacial score (nSPS) is 11.2. The van der Waals surface area contributed by atoms with Crippen LogP contribution < -0.4 is 5.32 Å². The van der Waals surface area contributed by atoms with Gasteiger partial charge in [0.15, 0.2) is 0 Å². The van der Waals surface area contributed by atoms with Crippen LogP contribution in [0.1, 0.15) is 11.3 Å². The van der Waals surface area contributed by atoms with Crippen LogP contribution in [-0.2, 0) is 17.4 Å². The summed E-state index contributed by atoms with van der Waals surface area (Å²) in [7, 11) is 0. The first-order valence-electron chi connectivity index (χ1n) is 5.92. The number of pyridine rings is 1. The fraction of sp³-hybridized carbons (Fsp3) is 0.143. The first-order chi connectivity index (χ1) is 9.90. The summed E-state index contributed by atoms with van der Waals surface area (Å²) >= 11 is 3.03. The van der Waals surface area contributed by atoms with Crippen molar-refractivity contribution in [2.24, 2.45) is 0 Å². The minimum Gasteiger partial charge on any atom is -0.354 e. The molecular formula is C14H10BrF3N2O. The van der Waals surface area contributed by atoms with E-state index in [1.807, 2.05) is 0 Å². The summed E-state index contributed by atoms with van der Waals surface area (Å²) in [6.07, 6.45) is -2.18. The Kier molecular flexibility index (Phi) is 4.62. The smallest absolute Gasteiger partial charge is 0.354 e. The van der Waals surface area contributed by atoms with E-state index in [0.717, 1.165) is 6.07 Å². The van der Waals surface area contributed by atoms with Crippen molar-refractivity contribution < 1.29 is 18.0 Å². The van der Waals surface area contributed by atoms with E-state index in [9.17, 15) is 18.0 Å². The number of hydrogen-bond acceptors (Lipinski definition) is 3. The first kappa shape index (κ1) is 15.5. The molecule has 0 amide bonds. The second-order valence-corrected chi connectivity index (χ2v) is 5.14. The Morgan fingerprint density at radius 1 is 1.24 bits per heavy atom. The number of benzene rings is 1. The van der Waals surface area contributed by atoms with Crippen molar-refractivity contribution >= 4 is 33.6 Å². The molecule has 2 aromatic rings. The van der Waals surface area contributed by atoms with Crippen LogP contribution in [0.5, 0.6) is 0 Å². The van der Waals surface area contributed by atoms with E-state index in [-0.39, 0.29) is 12.1 Å². The number of halogens is 4. The molecule has 0 aliphatic rings. The molecular weight excluding hydrogens is 349 g/mol. The standard InChI is InChI=1S/C14H10BrF3N2O/c15-9-1-4-13(12(7-9)14(16,17)18)20-11-3-2-10(5-6-21)19-8-11/h1-4,6-8,20H,5H2. The molecule has 1 heterocycles. The predicted octanol–water partition coefficient (Wildman–Crippen LogP) is 4.35. The Morgan fingerprint density at radius 2 is 2.00 bits per heavy atom. The van der Waals surface area contributed by atoms with Crippen LogP contribution in [-0.4, -0.2) is 11.3 Å². The summed E-state index contributed by atoms with van der Waals surface area (Å²) in [4.78, 5) is 14.3. The van der Waals surface area contributed by atoms with Crippen LogP contribution in [0.15, 0.2) is 41.0 Å². The number of carbonyl (C=O) groups excluding carboxylic acids is 1. The van der Waals surface area contributed by atoms with Crippen molar-refractivity contribution in [1.82, 2.24) is 4.98 Å². The van der Waals surface area contributed by atoms with Gasteiger partial charge in [0, 0.05) is 16.6 Å². The fourth-order valence-corrected chi connectivity index (χ4v) is 2.08. The number of carbonyl (C=O) groups is 1. The lowest BCUT2D eigenvalue weighted by molar-refractivity contribution is -0.137. The maximum atomic E-state index is 13.0. The van der Waals surface area contributed by atoms with E-state index in [4.69, 9.17) is 0 Å². The van der Waals surface area contributed by atoms with E-state index in [1.54, 1.807) is 12.1 Å². The lowest BCUT2D eigenvalue weighted by atomic mass is 10.1. The summed E-state index contributed by atoms with van der Waals surface area (Å²) in [5, 5.41) is 2.68. The maximum Gasteiger partial charge on any atom is 0.418 e. The average Bonchev–Trinajstić information content (AvgIpc) is 2.42. The molecule has 1 aromatic carbocycles. The van der Waals surface area contributed by atoms with Gasteiger partial charge in [-0.3, -0.25) is 4.98 Å². The van der Waals surface area contributed by atoms with Gasteiger partial charge in [0.25, 0.3) is 0 Å². The highest BCUT2D eigenvalue weighted by atomic mass is 79.9. The second kappa shape index (κ2) is 6.26. The van der Waals surface area contributed by atoms with Crippen molar-refractivity contribution in [3.05, 3.63) is 52.3 Å². The van der Waals surface area contributed by atoms with Gasteiger partial charge in [-0.1, -0.05) is 15.9 Å². The zero-order valence-corrected chi connectivity index (χ0v) is 12.2. The van der Waals surface area contributed by atoms with Gasteiger partial charge in [-0.2, -0.15) is 13.2 Å². The molecule has 0 unspecified atom stereocenters. The van der Waals surface area contributed by atoms with Crippen LogP contribution in [0.2, 0.25) is 0 Å². The zero-order valence-electron chi connectivity index (χ0n) is 10.6. The molecule has 7 heteroatoms. The summed E-state index contributed by atoms with van der Waals surface area (Å²) in [6, 6.07) is 7.03. The van der Waals surface area contributed by atoms with Crippen molar-refractivity contribution in [3.8, 4) is 0 Å². The van der Waals surface area contributed by atoms with E-state index in [0.29, 0.717) is 22.1 Å². The molecule has 0 bridgehead atoms. The van der Waals surface area contributed by atoms with Gasteiger partial charge >= 0.3 is 6.18 Å². The molecule has 0 spiro atoms. The highest BCUT2D eigenvalue weighted by Gasteiger charge is 2.33. The SMILES string of the molecule is O=CCc1ccc(Nc2ccc(Br)cc2C(F)(F)F)cn1. The Bertz CT molecular complexity index is 642. The number of nitrogens with one attached hydrogen (secondary N) is 1. The van der Waals surface area contributed by atoms with Crippen LogP contribution in [0.25, 0.3) is 0 Å². The predicted molar refractivity (Wildman–Crippen MR) is 76.4 cm³/mol. The Hall–Kier alpha value is -1.89. The zero-order chi connectivity index (χ0) is 15.5. The van der Waals surface area contributed by atoms with Gasteiger partial charge in [0.2, 0.25) is 0 Å². The van der Waals surface area contributed by atoms with Gasteiger partial charge in [0.05, 0.1) is 23.1 Å². The number of nitrogens with zero attached hydrogens (tertiary/aromatic N) is 1. The fourth-order valence-electron chi connectivity index (χ4n) is 1.72. The molecule has 1 N–H and O–H groups in total. The van der Waals surface area contributed by atoms with Gasteiger partial charge in [0.1, 0.15) is 6.29 Å². The molecule has 2 rings (SSSR count). The van der Waals surface area contributed by atoms with Gasteiger partial charge in [-0.15, -0.1) is 0 Å². The molecule has 3 nitrogen and oxygen atoms in total. The highest BCUT2D eigenvalue weighted by Crippen LogP contribution is 2.37. The number of alkyl halides is 3. The van der Waals surface area contributed by atoms with Crippen molar-refractivity contribution in [2.45, 2.75) is 12.6 Å². The molecule has 110 valence electrons. The van der Waals surface area contributed by atoms with Crippen LogP contribution >= 0.6 is 15.9 Å². The van der Waals surface area contributed by atoms with E-state index >= 15 is 0 Å². The molecule has 0 fully saturated rings. The third kappa shape index (κ3) is 4.04. The van der Waals surface area contributed by atoms with E-state index < -0.39 is 11.7 Å². The molecule has 0 aliphatic carbocycles. The summed E-state index contributed by atoms with van der Waals surface area (Å²) in [5.74, 6) is 0. The molecule has 0 radical (unpaired) electrons. The quantitative estimate of drug-likeness (QED) is 0.826. The first-order valence-corrected chi connectivity index (χ1v) is 6.72. The number of rotatable bonds is 4. The van der Waals surface area contributed by atoms with Crippen molar-refractivity contribution in [1.29, 1.82) is 0 Å². The minimum absolute atomic E-state index is 0.0596. The van der Waals surface area contributed by atoms with Crippen LogP contribution in [0.4, 0.5) is 24.5 Å². The topological polar surface area (TPSA) is 42.0 Å². The third-order valence-corrected chi connectivity index (χ3v) is 3.18. The summed E-state index contributed by atoms with van der Waals surface area (Å²) in [6.45, 7) is 0. The summed E-state index contributed by atoms with van der Waals surface area (Å²) in [5.41, 5.74) is 0.143. The largest absolute Gasteiger partial charge is 0.418 e. The van der Waals surface area contributed by atoms with Gasteiger partial charge in [-0.05, 0) is 30.3 Å². The number of hydrogen-bond donors (Lipinski definition) is 1. The van der Waals surface area contributed by atoms with Crippen LogP contribution in [0, 0.1) is 0 Å². The molecule has 0 atom stereocenters. The van der Waals surface area contributed by atoms with Crippen molar-refractivity contribution in [2.75, 3.05) is 5.32 Å². The Morgan fingerprint density at radius 3 is 2.57 bits per heavy atom. The lowest BCUT2D eigenvalue weighted by Gasteiger charge is -2.15. The van der Waals surface area contributed by atoms with E-state index in [2.05, 4.69) is 26.2 Å².